The van der Waals surface area contributed by atoms with Crippen molar-refractivity contribution in [3.63, 3.8) is 0 Å². The molecule has 1 aromatic rings. The van der Waals surface area contributed by atoms with E-state index >= 15 is 0 Å². The van der Waals surface area contributed by atoms with Gasteiger partial charge in [0, 0.05) is 13.1 Å². The normalized spacial score (nSPS) is 19.5. The Kier molecular flexibility index (Phi) is 5.91. The van der Waals surface area contributed by atoms with E-state index in [-0.39, 0.29) is 28.1 Å². The molecule has 0 atom stereocenters. The first-order valence-electron chi connectivity index (χ1n) is 7.65. The zero-order valence-electron chi connectivity index (χ0n) is 13.4. The second-order valence-corrected chi connectivity index (χ2v) is 7.85. The molecule has 2 aliphatic rings. The van der Waals surface area contributed by atoms with Crippen molar-refractivity contribution in [1.29, 1.82) is 0 Å². The number of benzene rings is 1. The Morgan fingerprint density at radius 2 is 2.04 bits per heavy atom. The molecular formula is C16H14BrClN2O5S. The first-order chi connectivity index (χ1) is 12.4. The summed E-state index contributed by atoms with van der Waals surface area (Å²) in [5.41, 5.74) is 0.546. The van der Waals surface area contributed by atoms with Crippen molar-refractivity contribution in [3.05, 3.63) is 32.1 Å². The average Bonchev–Trinajstić information content (AvgIpc) is 2.87. The smallest absolute Gasteiger partial charge is 0.294 e. The number of nitrogens with zero attached hydrogens (tertiary/aromatic N) is 2. The minimum absolute atomic E-state index is 0.104. The van der Waals surface area contributed by atoms with Crippen LogP contribution in [0.3, 0.4) is 0 Å². The minimum atomic E-state index is -0.526. The molecule has 1 aromatic carbocycles. The van der Waals surface area contributed by atoms with E-state index in [1.54, 1.807) is 11.0 Å². The van der Waals surface area contributed by atoms with Crippen molar-refractivity contribution >= 4 is 62.4 Å². The van der Waals surface area contributed by atoms with Crippen LogP contribution < -0.4 is 0 Å². The zero-order chi connectivity index (χ0) is 18.8. The van der Waals surface area contributed by atoms with Gasteiger partial charge >= 0.3 is 0 Å². The van der Waals surface area contributed by atoms with Gasteiger partial charge in [-0.2, -0.15) is 0 Å². The van der Waals surface area contributed by atoms with Crippen LogP contribution in [0.1, 0.15) is 5.56 Å². The number of hydrogen-bond acceptors (Lipinski definition) is 6. The van der Waals surface area contributed by atoms with Crippen molar-refractivity contribution in [2.24, 2.45) is 0 Å². The number of phenols is 1. The van der Waals surface area contributed by atoms with Crippen molar-refractivity contribution in [3.8, 4) is 5.75 Å². The fraction of sp³-hybridized carbons (Fsp3) is 0.312. The summed E-state index contributed by atoms with van der Waals surface area (Å²) in [6.07, 6.45) is 1.50. The maximum Gasteiger partial charge on any atom is 0.294 e. The van der Waals surface area contributed by atoms with Crippen LogP contribution in [0.15, 0.2) is 21.5 Å². The number of ether oxygens (including phenoxy) is 1. The lowest BCUT2D eigenvalue weighted by molar-refractivity contribution is -0.139. The summed E-state index contributed by atoms with van der Waals surface area (Å²) in [4.78, 5) is 39.6. The Hall–Kier alpha value is -1.55. The van der Waals surface area contributed by atoms with E-state index in [0.717, 1.165) is 16.7 Å². The van der Waals surface area contributed by atoms with Gasteiger partial charge in [-0.1, -0.05) is 11.6 Å². The molecular weight excluding hydrogens is 448 g/mol. The van der Waals surface area contributed by atoms with Crippen molar-refractivity contribution in [2.45, 2.75) is 0 Å². The number of amides is 3. The summed E-state index contributed by atoms with van der Waals surface area (Å²) in [6, 6.07) is 3.06. The fourth-order valence-electron chi connectivity index (χ4n) is 2.50. The molecule has 3 amide bonds. The molecule has 0 aliphatic carbocycles. The van der Waals surface area contributed by atoms with E-state index in [0.29, 0.717) is 36.3 Å². The number of thioether (sulfide) groups is 1. The Morgan fingerprint density at radius 3 is 2.69 bits per heavy atom. The molecule has 0 aromatic heterocycles. The standard InChI is InChI=1S/C16H14BrClN2O5S/c17-10-5-9(6-11(18)14(10)22)7-12-15(23)20(16(24)26-12)8-13(21)19-1-3-25-4-2-19/h5-7,22H,1-4,8H2/b12-7+. The number of aromatic hydroxyl groups is 1. The Bertz CT molecular complexity index is 787. The molecule has 10 heteroatoms. The summed E-state index contributed by atoms with van der Waals surface area (Å²) < 4.78 is 5.56. The summed E-state index contributed by atoms with van der Waals surface area (Å²) in [5.74, 6) is -0.915. The highest BCUT2D eigenvalue weighted by Crippen LogP contribution is 2.36. The summed E-state index contributed by atoms with van der Waals surface area (Å²) in [7, 11) is 0. The number of imide groups is 1. The van der Waals surface area contributed by atoms with Gasteiger partial charge in [0.2, 0.25) is 5.91 Å². The maximum absolute atomic E-state index is 12.5. The molecule has 138 valence electrons. The quantitative estimate of drug-likeness (QED) is 0.697. The monoisotopic (exact) mass is 460 g/mol. The molecule has 3 rings (SSSR count). The molecule has 2 saturated heterocycles. The predicted molar refractivity (Wildman–Crippen MR) is 101 cm³/mol. The largest absolute Gasteiger partial charge is 0.505 e. The zero-order valence-corrected chi connectivity index (χ0v) is 16.6. The van der Waals surface area contributed by atoms with Gasteiger partial charge in [0.25, 0.3) is 11.1 Å². The van der Waals surface area contributed by atoms with E-state index in [1.807, 2.05) is 0 Å². The van der Waals surface area contributed by atoms with Gasteiger partial charge < -0.3 is 14.7 Å². The second kappa shape index (κ2) is 7.99. The van der Waals surface area contributed by atoms with E-state index in [2.05, 4.69) is 15.9 Å². The SMILES string of the molecule is O=C(CN1C(=O)S/C(=C/c2cc(Cl)c(O)c(Br)c2)C1=O)N1CCOCC1. The van der Waals surface area contributed by atoms with Crippen LogP contribution >= 0.6 is 39.3 Å². The third-order valence-electron chi connectivity index (χ3n) is 3.87. The van der Waals surface area contributed by atoms with Gasteiger partial charge in [-0.05, 0) is 51.5 Å². The molecule has 7 nitrogen and oxygen atoms in total. The molecule has 0 unspecified atom stereocenters. The first-order valence-corrected chi connectivity index (χ1v) is 9.64. The number of carbonyl (C=O) groups excluding carboxylic acids is 3. The third kappa shape index (κ3) is 4.06. The van der Waals surface area contributed by atoms with E-state index < -0.39 is 11.1 Å². The molecule has 26 heavy (non-hydrogen) atoms. The minimum Gasteiger partial charge on any atom is -0.505 e. The number of morpholine rings is 1. The van der Waals surface area contributed by atoms with Crippen LogP contribution in [0.25, 0.3) is 6.08 Å². The van der Waals surface area contributed by atoms with Gasteiger partial charge in [0.05, 0.1) is 27.6 Å². The van der Waals surface area contributed by atoms with E-state index in [9.17, 15) is 19.5 Å². The van der Waals surface area contributed by atoms with E-state index in [1.165, 1.54) is 12.1 Å². The van der Waals surface area contributed by atoms with Crippen LogP contribution in [0.5, 0.6) is 5.75 Å². The first kappa shape index (κ1) is 19.2. The predicted octanol–water partition coefficient (Wildman–Crippen LogP) is 2.70. The second-order valence-electron chi connectivity index (χ2n) is 5.59. The van der Waals surface area contributed by atoms with Crippen LogP contribution in [0.4, 0.5) is 4.79 Å². The van der Waals surface area contributed by atoms with Crippen molar-refractivity contribution in [2.75, 3.05) is 32.8 Å². The lowest BCUT2D eigenvalue weighted by Gasteiger charge is -2.28. The molecule has 0 bridgehead atoms. The Balaban J connectivity index is 1.75. The van der Waals surface area contributed by atoms with Gasteiger partial charge in [-0.3, -0.25) is 19.3 Å². The number of carbonyl (C=O) groups is 3. The van der Waals surface area contributed by atoms with Gasteiger partial charge in [-0.25, -0.2) is 0 Å². The van der Waals surface area contributed by atoms with Crippen molar-refractivity contribution < 1.29 is 24.2 Å². The highest BCUT2D eigenvalue weighted by Gasteiger charge is 2.37. The van der Waals surface area contributed by atoms with Crippen LogP contribution in [-0.4, -0.2) is 64.8 Å². The average molecular weight is 462 g/mol. The highest BCUT2D eigenvalue weighted by atomic mass is 79.9. The molecule has 1 N–H and O–H groups in total. The summed E-state index contributed by atoms with van der Waals surface area (Å²) in [6.45, 7) is 1.51. The van der Waals surface area contributed by atoms with E-state index in [4.69, 9.17) is 16.3 Å². The molecule has 2 aliphatic heterocycles. The number of phenolic OH excluding ortho intramolecular Hbond substituents is 1. The molecule has 2 heterocycles. The molecule has 2 fully saturated rings. The van der Waals surface area contributed by atoms with Gasteiger partial charge in [0.1, 0.15) is 12.3 Å². The topological polar surface area (TPSA) is 87.2 Å². The Morgan fingerprint density at radius 1 is 1.35 bits per heavy atom. The van der Waals surface area contributed by atoms with Crippen LogP contribution in [0, 0.1) is 0 Å². The number of rotatable bonds is 3. The van der Waals surface area contributed by atoms with Crippen LogP contribution in [-0.2, 0) is 14.3 Å². The third-order valence-corrected chi connectivity index (χ3v) is 5.67. The molecule has 0 saturated carbocycles. The summed E-state index contributed by atoms with van der Waals surface area (Å²) >= 11 is 9.85. The highest BCUT2D eigenvalue weighted by molar-refractivity contribution is 9.10. The summed E-state index contributed by atoms with van der Waals surface area (Å²) in [5, 5.41) is 9.29. The fourth-order valence-corrected chi connectivity index (χ4v) is 4.16. The van der Waals surface area contributed by atoms with Gasteiger partial charge in [-0.15, -0.1) is 0 Å². The number of hydrogen-bond donors (Lipinski definition) is 1. The lowest BCUT2D eigenvalue weighted by atomic mass is 10.2. The molecule has 0 spiro atoms. The Labute approximate surface area is 167 Å². The lowest BCUT2D eigenvalue weighted by Crippen LogP contribution is -2.46. The van der Waals surface area contributed by atoms with Gasteiger partial charge in [0.15, 0.2) is 0 Å². The van der Waals surface area contributed by atoms with Crippen molar-refractivity contribution in [1.82, 2.24) is 9.80 Å². The molecule has 0 radical (unpaired) electrons. The number of halogens is 2. The van der Waals surface area contributed by atoms with Crippen LogP contribution in [0.2, 0.25) is 5.02 Å². The maximum atomic E-state index is 12.5.